The summed E-state index contributed by atoms with van der Waals surface area (Å²) < 4.78 is 6.60. The van der Waals surface area contributed by atoms with Crippen LogP contribution >= 0.6 is 34.7 Å². The van der Waals surface area contributed by atoms with Crippen molar-refractivity contribution in [2.24, 2.45) is 11.8 Å². The molecular formula is C24H34ClN3OS2. The normalized spacial score (nSPS) is 22.6. The third kappa shape index (κ3) is 6.91. The lowest BCUT2D eigenvalue weighted by Gasteiger charge is -2.29. The number of rotatable bonds is 9. The Kier molecular flexibility index (Phi) is 9.08. The fraction of sp³-hybridized carbons (Fsp3) is 0.667. The number of pyridine rings is 1. The Morgan fingerprint density at radius 1 is 1.16 bits per heavy atom. The van der Waals surface area contributed by atoms with E-state index in [0.29, 0.717) is 11.1 Å². The van der Waals surface area contributed by atoms with Gasteiger partial charge in [0.15, 0.2) is 4.34 Å². The molecule has 2 aromatic rings. The number of ether oxygens (including phenoxy) is 1. The smallest absolute Gasteiger partial charge is 0.150 e. The first-order valence-corrected chi connectivity index (χ1v) is 14.0. The van der Waals surface area contributed by atoms with Gasteiger partial charge in [0.25, 0.3) is 0 Å². The minimum absolute atomic E-state index is 0.697. The van der Waals surface area contributed by atoms with Crippen molar-refractivity contribution in [3.8, 4) is 11.3 Å². The van der Waals surface area contributed by atoms with Crippen molar-refractivity contribution >= 4 is 34.7 Å². The molecule has 1 aliphatic heterocycles. The van der Waals surface area contributed by atoms with Crippen LogP contribution in [0.3, 0.4) is 0 Å². The van der Waals surface area contributed by atoms with Gasteiger partial charge in [-0.3, -0.25) is 4.98 Å². The Balaban J connectivity index is 1.33. The zero-order valence-corrected chi connectivity index (χ0v) is 20.8. The minimum atomic E-state index is 0.697. The number of hydrogen-bond donors (Lipinski definition) is 1. The van der Waals surface area contributed by atoms with Crippen molar-refractivity contribution in [1.82, 2.24) is 15.3 Å². The van der Waals surface area contributed by atoms with E-state index in [1.807, 2.05) is 18.0 Å². The van der Waals surface area contributed by atoms with E-state index in [-0.39, 0.29) is 0 Å². The Bertz CT molecular complexity index is 817. The molecule has 0 bridgehead atoms. The van der Waals surface area contributed by atoms with Gasteiger partial charge in [0.1, 0.15) is 0 Å². The average Bonchev–Trinajstić information content (AvgIpc) is 3.28. The van der Waals surface area contributed by atoms with Crippen LogP contribution in [0, 0.1) is 11.8 Å². The topological polar surface area (TPSA) is 47.0 Å². The van der Waals surface area contributed by atoms with Crippen LogP contribution in [-0.4, -0.2) is 41.5 Å². The van der Waals surface area contributed by atoms with Crippen molar-refractivity contribution in [3.63, 3.8) is 0 Å². The number of halogens is 1. The van der Waals surface area contributed by atoms with E-state index >= 15 is 0 Å². The number of nitrogens with one attached hydrogen (secondary N) is 1. The minimum Gasteiger partial charge on any atom is -0.381 e. The van der Waals surface area contributed by atoms with Crippen LogP contribution < -0.4 is 5.32 Å². The Morgan fingerprint density at radius 3 is 2.74 bits per heavy atom. The summed E-state index contributed by atoms with van der Waals surface area (Å²) >= 11 is 10.1. The zero-order valence-electron chi connectivity index (χ0n) is 18.4. The largest absolute Gasteiger partial charge is 0.381 e. The van der Waals surface area contributed by atoms with E-state index < -0.39 is 0 Å². The summed E-state index contributed by atoms with van der Waals surface area (Å²) in [6, 6.07) is 2.88. The molecule has 4 rings (SSSR count). The SMILES string of the molecule is CCCNC1CCC(Cc2cc(-c3csc(SCC4CCOCC4)n3)c(Cl)cn2)CC1. The highest BCUT2D eigenvalue weighted by molar-refractivity contribution is 8.01. The molecule has 7 heteroatoms. The molecular weight excluding hydrogens is 446 g/mol. The van der Waals surface area contributed by atoms with E-state index in [4.69, 9.17) is 21.3 Å². The first kappa shape index (κ1) is 23.5. The Hall–Kier alpha value is -0.660. The number of thiazole rings is 1. The first-order valence-electron chi connectivity index (χ1n) is 11.8. The average molecular weight is 480 g/mol. The summed E-state index contributed by atoms with van der Waals surface area (Å²) in [4.78, 5) is 9.52. The summed E-state index contributed by atoms with van der Waals surface area (Å²) in [5.41, 5.74) is 3.16. The van der Waals surface area contributed by atoms with Crippen LogP contribution in [0.4, 0.5) is 0 Å². The van der Waals surface area contributed by atoms with Gasteiger partial charge in [-0.05, 0) is 75.8 Å². The molecule has 2 aliphatic rings. The second-order valence-corrected chi connectivity index (χ2v) is 11.4. The number of nitrogens with zero attached hydrogens (tertiary/aromatic N) is 2. The maximum absolute atomic E-state index is 6.52. The standard InChI is InChI=1S/C24H34ClN3OS2/c1-2-9-26-19-5-3-17(4-6-19)12-20-13-21(22(25)14-27-20)23-16-31-24(28-23)30-15-18-7-10-29-11-8-18/h13-14,16-19,26H,2-12,15H2,1H3. The molecule has 0 atom stereocenters. The third-order valence-corrected chi connectivity index (χ3v) is 9.04. The molecule has 4 nitrogen and oxygen atoms in total. The fourth-order valence-corrected chi connectivity index (χ4v) is 6.79. The number of hydrogen-bond acceptors (Lipinski definition) is 6. The van der Waals surface area contributed by atoms with Gasteiger partial charge < -0.3 is 10.1 Å². The number of aromatic nitrogens is 2. The van der Waals surface area contributed by atoms with Crippen molar-refractivity contribution < 1.29 is 4.74 Å². The molecule has 170 valence electrons. The second kappa shape index (κ2) is 12.0. The van der Waals surface area contributed by atoms with Gasteiger partial charge >= 0.3 is 0 Å². The Morgan fingerprint density at radius 2 is 1.97 bits per heavy atom. The van der Waals surface area contributed by atoms with E-state index in [1.54, 1.807) is 11.3 Å². The van der Waals surface area contributed by atoms with Crippen molar-refractivity contribution in [1.29, 1.82) is 0 Å². The van der Waals surface area contributed by atoms with E-state index in [9.17, 15) is 0 Å². The second-order valence-electron chi connectivity index (χ2n) is 8.90. The van der Waals surface area contributed by atoms with Crippen LogP contribution in [-0.2, 0) is 11.2 Å². The van der Waals surface area contributed by atoms with E-state index in [0.717, 1.165) is 65.1 Å². The van der Waals surface area contributed by atoms with Gasteiger partial charge in [-0.15, -0.1) is 11.3 Å². The first-order chi connectivity index (χ1) is 15.2. The van der Waals surface area contributed by atoms with Gasteiger partial charge in [0.05, 0.1) is 10.7 Å². The lowest BCUT2D eigenvalue weighted by Crippen LogP contribution is -2.34. The summed E-state index contributed by atoms with van der Waals surface area (Å²) in [5, 5.41) is 6.52. The predicted molar refractivity (Wildman–Crippen MR) is 132 cm³/mol. The summed E-state index contributed by atoms with van der Waals surface area (Å²) in [6.45, 7) is 5.18. The van der Waals surface area contributed by atoms with Crippen LogP contribution in [0.25, 0.3) is 11.3 Å². The maximum Gasteiger partial charge on any atom is 0.150 e. The van der Waals surface area contributed by atoms with Crippen molar-refractivity contribution in [3.05, 3.63) is 28.4 Å². The monoisotopic (exact) mass is 479 g/mol. The molecule has 2 aromatic heterocycles. The van der Waals surface area contributed by atoms with E-state index in [1.165, 1.54) is 44.9 Å². The Labute approximate surface area is 199 Å². The van der Waals surface area contributed by atoms with Gasteiger partial charge in [-0.1, -0.05) is 30.3 Å². The molecule has 3 heterocycles. The lowest BCUT2D eigenvalue weighted by molar-refractivity contribution is 0.0728. The summed E-state index contributed by atoms with van der Waals surface area (Å²) in [6.07, 6.45) is 11.5. The quantitative estimate of drug-likeness (QED) is 0.417. The van der Waals surface area contributed by atoms with Gasteiger partial charge in [0, 0.05) is 47.8 Å². The summed E-state index contributed by atoms with van der Waals surface area (Å²) in [5.74, 6) is 2.60. The fourth-order valence-electron chi connectivity index (χ4n) is 4.55. The molecule has 2 fully saturated rings. The molecule has 1 saturated carbocycles. The molecule has 0 amide bonds. The van der Waals surface area contributed by atoms with Crippen molar-refractivity contribution in [2.75, 3.05) is 25.5 Å². The molecule has 1 saturated heterocycles. The highest BCUT2D eigenvalue weighted by Crippen LogP contribution is 2.35. The molecule has 31 heavy (non-hydrogen) atoms. The van der Waals surface area contributed by atoms with Crippen LogP contribution in [0.15, 0.2) is 22.0 Å². The molecule has 1 N–H and O–H groups in total. The summed E-state index contributed by atoms with van der Waals surface area (Å²) in [7, 11) is 0. The molecule has 0 radical (unpaired) electrons. The van der Waals surface area contributed by atoms with E-state index in [2.05, 4.69) is 28.7 Å². The van der Waals surface area contributed by atoms with Crippen LogP contribution in [0.1, 0.15) is 57.6 Å². The maximum atomic E-state index is 6.52. The van der Waals surface area contributed by atoms with Crippen LogP contribution in [0.2, 0.25) is 5.02 Å². The van der Waals surface area contributed by atoms with Gasteiger partial charge in [-0.2, -0.15) is 0 Å². The number of thioether (sulfide) groups is 1. The molecule has 1 aliphatic carbocycles. The predicted octanol–water partition coefficient (Wildman–Crippen LogP) is 6.48. The van der Waals surface area contributed by atoms with Crippen LogP contribution in [0.5, 0.6) is 0 Å². The zero-order chi connectivity index (χ0) is 21.5. The highest BCUT2D eigenvalue weighted by Gasteiger charge is 2.22. The highest BCUT2D eigenvalue weighted by atomic mass is 35.5. The molecule has 0 unspecified atom stereocenters. The van der Waals surface area contributed by atoms with Gasteiger partial charge in [-0.25, -0.2) is 4.98 Å². The lowest BCUT2D eigenvalue weighted by atomic mass is 9.83. The van der Waals surface area contributed by atoms with Gasteiger partial charge in [0.2, 0.25) is 0 Å². The molecule has 0 spiro atoms. The third-order valence-electron chi connectivity index (χ3n) is 6.48. The van der Waals surface area contributed by atoms with Crippen molar-refractivity contribution in [2.45, 2.75) is 68.7 Å². The molecule has 0 aromatic carbocycles.